The van der Waals surface area contributed by atoms with Gasteiger partial charge in [-0.05, 0) is 18.6 Å². The van der Waals surface area contributed by atoms with Crippen molar-refractivity contribution >= 4 is 11.0 Å². The molecule has 0 saturated carbocycles. The molecule has 1 atom stereocenters. The fourth-order valence-electron chi connectivity index (χ4n) is 2.82. The Morgan fingerprint density at radius 3 is 2.71 bits per heavy atom. The van der Waals surface area contributed by atoms with Crippen LogP contribution in [-0.4, -0.2) is 19.3 Å². The van der Waals surface area contributed by atoms with Crippen molar-refractivity contribution in [1.29, 1.82) is 0 Å². The van der Waals surface area contributed by atoms with Gasteiger partial charge in [0.05, 0.1) is 16.7 Å². The lowest BCUT2D eigenvalue weighted by Gasteiger charge is -2.11. The summed E-state index contributed by atoms with van der Waals surface area (Å²) in [6.45, 7) is 2.10. The highest BCUT2D eigenvalue weighted by Gasteiger charge is 2.17. The van der Waals surface area contributed by atoms with Crippen molar-refractivity contribution in [2.45, 2.75) is 25.8 Å². The van der Waals surface area contributed by atoms with Gasteiger partial charge in [-0.3, -0.25) is 4.68 Å². The smallest absolute Gasteiger partial charge is 0.111 e. The third-order valence-electron chi connectivity index (χ3n) is 3.95. The standard InChI is InChI=1S/C16H21N5/c1-4-13-11(10-20(2)19-13)12(17)9-16-18-14-7-5-6-8-15(14)21(16)3/h5-8,10,12H,4,9,17H2,1-3H3. The van der Waals surface area contributed by atoms with E-state index in [0.717, 1.165) is 34.5 Å². The number of rotatable bonds is 4. The lowest BCUT2D eigenvalue weighted by molar-refractivity contribution is 0.659. The van der Waals surface area contributed by atoms with Gasteiger partial charge in [0.1, 0.15) is 5.82 Å². The van der Waals surface area contributed by atoms with Gasteiger partial charge in [-0.2, -0.15) is 5.10 Å². The van der Waals surface area contributed by atoms with Gasteiger partial charge in [0.15, 0.2) is 0 Å². The van der Waals surface area contributed by atoms with Crippen molar-refractivity contribution in [3.05, 3.63) is 47.5 Å². The van der Waals surface area contributed by atoms with E-state index in [2.05, 4.69) is 22.7 Å². The largest absolute Gasteiger partial charge is 0.331 e. The molecular weight excluding hydrogens is 262 g/mol. The summed E-state index contributed by atoms with van der Waals surface area (Å²) in [5.74, 6) is 1.01. The van der Waals surface area contributed by atoms with E-state index in [0.29, 0.717) is 6.42 Å². The van der Waals surface area contributed by atoms with E-state index in [1.54, 1.807) is 0 Å². The van der Waals surface area contributed by atoms with Crippen LogP contribution in [0.2, 0.25) is 0 Å². The summed E-state index contributed by atoms with van der Waals surface area (Å²) in [5.41, 5.74) is 10.7. The van der Waals surface area contributed by atoms with Crippen molar-refractivity contribution in [3.63, 3.8) is 0 Å². The first kappa shape index (κ1) is 13.8. The van der Waals surface area contributed by atoms with Gasteiger partial charge in [0.2, 0.25) is 0 Å². The Balaban J connectivity index is 1.92. The molecule has 0 amide bonds. The minimum atomic E-state index is -0.0795. The zero-order chi connectivity index (χ0) is 15.0. The van der Waals surface area contributed by atoms with Crippen LogP contribution in [0.5, 0.6) is 0 Å². The van der Waals surface area contributed by atoms with Gasteiger partial charge in [0.25, 0.3) is 0 Å². The Morgan fingerprint density at radius 1 is 1.24 bits per heavy atom. The Morgan fingerprint density at radius 2 is 2.00 bits per heavy atom. The molecule has 2 heterocycles. The first-order chi connectivity index (χ1) is 10.1. The molecule has 0 aliphatic rings. The minimum absolute atomic E-state index is 0.0795. The van der Waals surface area contributed by atoms with Crippen LogP contribution in [0.4, 0.5) is 0 Å². The average molecular weight is 283 g/mol. The van der Waals surface area contributed by atoms with Crippen LogP contribution in [0, 0.1) is 0 Å². The first-order valence-electron chi connectivity index (χ1n) is 7.28. The molecule has 0 spiro atoms. The third kappa shape index (κ3) is 2.45. The molecule has 21 heavy (non-hydrogen) atoms. The van der Waals surface area contributed by atoms with Crippen molar-refractivity contribution in [2.75, 3.05) is 0 Å². The van der Waals surface area contributed by atoms with E-state index < -0.39 is 0 Å². The lowest BCUT2D eigenvalue weighted by Crippen LogP contribution is -2.16. The van der Waals surface area contributed by atoms with E-state index >= 15 is 0 Å². The van der Waals surface area contributed by atoms with Crippen molar-refractivity contribution in [1.82, 2.24) is 19.3 Å². The van der Waals surface area contributed by atoms with E-state index in [1.807, 2.05) is 43.2 Å². The highest BCUT2D eigenvalue weighted by atomic mass is 15.3. The zero-order valence-corrected chi connectivity index (χ0v) is 12.7. The van der Waals surface area contributed by atoms with Gasteiger partial charge in [-0.25, -0.2) is 4.98 Å². The monoisotopic (exact) mass is 283 g/mol. The molecule has 5 nitrogen and oxygen atoms in total. The summed E-state index contributed by atoms with van der Waals surface area (Å²) in [7, 11) is 3.98. The second kappa shape index (κ2) is 5.33. The Hall–Kier alpha value is -2.14. The lowest BCUT2D eigenvalue weighted by atomic mass is 10.0. The molecule has 0 bridgehead atoms. The first-order valence-corrected chi connectivity index (χ1v) is 7.28. The maximum atomic E-state index is 6.40. The van der Waals surface area contributed by atoms with Crippen LogP contribution >= 0.6 is 0 Å². The predicted octanol–water partition coefficient (Wildman–Crippen LogP) is 2.11. The molecule has 0 aliphatic carbocycles. The summed E-state index contributed by atoms with van der Waals surface area (Å²) in [6.07, 6.45) is 3.63. The highest BCUT2D eigenvalue weighted by molar-refractivity contribution is 5.75. The molecule has 5 heteroatoms. The molecule has 0 radical (unpaired) electrons. The summed E-state index contributed by atoms with van der Waals surface area (Å²) < 4.78 is 3.96. The number of nitrogens with zero attached hydrogens (tertiary/aromatic N) is 4. The van der Waals surface area contributed by atoms with Crippen LogP contribution in [0.1, 0.15) is 30.0 Å². The topological polar surface area (TPSA) is 61.7 Å². The summed E-state index contributed by atoms with van der Waals surface area (Å²) >= 11 is 0. The van der Waals surface area contributed by atoms with E-state index in [-0.39, 0.29) is 6.04 Å². The van der Waals surface area contributed by atoms with Gasteiger partial charge in [-0.1, -0.05) is 19.1 Å². The molecule has 2 aromatic heterocycles. The van der Waals surface area contributed by atoms with Crippen molar-refractivity contribution in [2.24, 2.45) is 19.8 Å². The molecule has 0 saturated heterocycles. The second-order valence-electron chi connectivity index (χ2n) is 5.44. The zero-order valence-electron chi connectivity index (χ0n) is 12.7. The van der Waals surface area contributed by atoms with Crippen LogP contribution in [0.3, 0.4) is 0 Å². The number of hydrogen-bond acceptors (Lipinski definition) is 3. The number of imidazole rings is 1. The number of hydrogen-bond donors (Lipinski definition) is 1. The fourth-order valence-corrected chi connectivity index (χ4v) is 2.82. The fraction of sp³-hybridized carbons (Fsp3) is 0.375. The molecule has 3 rings (SSSR count). The van der Waals surface area contributed by atoms with Gasteiger partial charge >= 0.3 is 0 Å². The normalized spacial score (nSPS) is 13.0. The molecule has 2 N–H and O–H groups in total. The van der Waals surface area contributed by atoms with Crippen molar-refractivity contribution < 1.29 is 0 Å². The van der Waals surface area contributed by atoms with E-state index in [9.17, 15) is 0 Å². The Kier molecular flexibility index (Phi) is 3.51. The summed E-state index contributed by atoms with van der Waals surface area (Å²) in [6, 6.07) is 8.08. The highest BCUT2D eigenvalue weighted by Crippen LogP contribution is 2.21. The molecule has 0 fully saturated rings. The van der Waals surface area contributed by atoms with Gasteiger partial charge in [0, 0.05) is 38.3 Å². The van der Waals surface area contributed by atoms with Crippen LogP contribution in [0.25, 0.3) is 11.0 Å². The maximum Gasteiger partial charge on any atom is 0.111 e. The third-order valence-corrected chi connectivity index (χ3v) is 3.95. The van der Waals surface area contributed by atoms with E-state index in [1.165, 1.54) is 0 Å². The maximum absolute atomic E-state index is 6.40. The molecular formula is C16H21N5. The van der Waals surface area contributed by atoms with Crippen LogP contribution in [-0.2, 0) is 26.9 Å². The molecule has 110 valence electrons. The average Bonchev–Trinajstić information content (AvgIpc) is 3.01. The predicted molar refractivity (Wildman–Crippen MR) is 83.9 cm³/mol. The van der Waals surface area contributed by atoms with E-state index in [4.69, 9.17) is 10.7 Å². The number of fused-ring (bicyclic) bond motifs is 1. The summed E-state index contributed by atoms with van der Waals surface area (Å²) in [5, 5.41) is 4.47. The number of nitrogens with two attached hydrogens (primary N) is 1. The quantitative estimate of drug-likeness (QED) is 0.797. The van der Waals surface area contributed by atoms with Crippen LogP contribution in [0.15, 0.2) is 30.5 Å². The Bertz CT molecular complexity index is 768. The number of benzene rings is 1. The molecule has 0 aliphatic heterocycles. The number of aromatic nitrogens is 4. The van der Waals surface area contributed by atoms with Crippen LogP contribution < -0.4 is 5.73 Å². The summed E-state index contributed by atoms with van der Waals surface area (Å²) in [4.78, 5) is 4.70. The van der Waals surface area contributed by atoms with Crippen molar-refractivity contribution in [3.8, 4) is 0 Å². The molecule has 1 unspecified atom stereocenters. The van der Waals surface area contributed by atoms with Gasteiger partial charge in [-0.15, -0.1) is 0 Å². The second-order valence-corrected chi connectivity index (χ2v) is 5.44. The molecule has 1 aromatic carbocycles. The Labute approximate surface area is 124 Å². The van der Waals surface area contributed by atoms with Gasteiger partial charge < -0.3 is 10.3 Å². The molecule has 3 aromatic rings. The minimum Gasteiger partial charge on any atom is -0.331 e. The SMILES string of the molecule is CCc1nn(C)cc1C(N)Cc1nc2ccccc2n1C. The number of para-hydroxylation sites is 2. The number of aryl methyl sites for hydroxylation is 3.